The van der Waals surface area contributed by atoms with Crippen LogP contribution in [0, 0.1) is 0 Å². The Balaban J connectivity index is 1.26. The van der Waals surface area contributed by atoms with Gasteiger partial charge in [-0.05, 0) is 53.4 Å². The molecule has 0 unspecified atom stereocenters. The van der Waals surface area contributed by atoms with E-state index in [1.807, 2.05) is 91.0 Å². The second-order valence-electron chi connectivity index (χ2n) is 10.1. The zero-order valence-electron chi connectivity index (χ0n) is 23.8. The topological polar surface area (TPSA) is 87.4 Å². The van der Waals surface area contributed by atoms with Crippen LogP contribution in [0.3, 0.4) is 0 Å². The minimum Gasteiger partial charge on any atom is -0.502 e. The SMILES string of the molecule is O=c1c(O)c(-c2ccc(OCc3ccccc3)c(OCc3ccccc3)c2)oc2cc(OOCCc3ccccc3)ccc12. The van der Waals surface area contributed by atoms with Crippen LogP contribution in [0.1, 0.15) is 16.7 Å². The van der Waals surface area contributed by atoms with Crippen LogP contribution in [0.15, 0.2) is 137 Å². The van der Waals surface area contributed by atoms with Gasteiger partial charge in [-0.15, -0.1) is 0 Å². The van der Waals surface area contributed by atoms with E-state index < -0.39 is 11.2 Å². The molecule has 6 rings (SSSR count). The van der Waals surface area contributed by atoms with Gasteiger partial charge in [-0.2, -0.15) is 4.89 Å². The van der Waals surface area contributed by atoms with Crippen LogP contribution in [-0.4, -0.2) is 11.7 Å². The summed E-state index contributed by atoms with van der Waals surface area (Å²) in [6.07, 6.45) is 0.682. The Kier molecular flexibility index (Phi) is 8.85. The largest absolute Gasteiger partial charge is 0.502 e. The molecule has 1 N–H and O–H groups in total. The molecule has 0 atom stereocenters. The third-order valence-corrected chi connectivity index (χ3v) is 6.99. The van der Waals surface area contributed by atoms with Gasteiger partial charge in [-0.1, -0.05) is 91.0 Å². The second kappa shape index (κ2) is 13.6. The Labute approximate surface area is 254 Å². The summed E-state index contributed by atoms with van der Waals surface area (Å²) in [4.78, 5) is 24.0. The molecule has 44 heavy (non-hydrogen) atoms. The summed E-state index contributed by atoms with van der Waals surface area (Å²) >= 11 is 0. The van der Waals surface area contributed by atoms with Gasteiger partial charge >= 0.3 is 0 Å². The highest BCUT2D eigenvalue weighted by molar-refractivity contribution is 5.83. The molecule has 0 fully saturated rings. The molecule has 0 aliphatic carbocycles. The molecular formula is C37H30O7. The quantitative estimate of drug-likeness (QED) is 0.0887. The van der Waals surface area contributed by atoms with Gasteiger partial charge in [0.25, 0.3) is 0 Å². The highest BCUT2D eigenvalue weighted by Gasteiger charge is 2.19. The van der Waals surface area contributed by atoms with Crippen LogP contribution in [0.5, 0.6) is 23.0 Å². The summed E-state index contributed by atoms with van der Waals surface area (Å²) < 4.78 is 18.4. The maximum atomic E-state index is 13.1. The smallest absolute Gasteiger partial charge is 0.235 e. The molecule has 0 saturated heterocycles. The highest BCUT2D eigenvalue weighted by Crippen LogP contribution is 2.37. The Morgan fingerprint density at radius 1 is 0.636 bits per heavy atom. The van der Waals surface area contributed by atoms with E-state index in [9.17, 15) is 9.90 Å². The first-order valence-corrected chi connectivity index (χ1v) is 14.2. The summed E-state index contributed by atoms with van der Waals surface area (Å²) in [5.74, 6) is 0.816. The van der Waals surface area contributed by atoms with Gasteiger partial charge in [0.2, 0.25) is 11.2 Å². The molecule has 220 valence electrons. The molecule has 7 nitrogen and oxygen atoms in total. The Morgan fingerprint density at radius 2 is 1.25 bits per heavy atom. The fraction of sp³-hybridized carbons (Fsp3) is 0.108. The Hall–Kier alpha value is -5.53. The van der Waals surface area contributed by atoms with Crippen molar-refractivity contribution >= 4 is 11.0 Å². The third-order valence-electron chi connectivity index (χ3n) is 6.99. The van der Waals surface area contributed by atoms with Crippen molar-refractivity contribution in [1.29, 1.82) is 0 Å². The number of benzene rings is 5. The van der Waals surface area contributed by atoms with E-state index >= 15 is 0 Å². The third kappa shape index (κ3) is 6.91. The first-order chi connectivity index (χ1) is 21.6. The molecule has 7 heteroatoms. The predicted molar refractivity (Wildman–Crippen MR) is 168 cm³/mol. The molecular weight excluding hydrogens is 556 g/mol. The number of ether oxygens (including phenoxy) is 2. The Bertz CT molecular complexity index is 1890. The van der Waals surface area contributed by atoms with Crippen LogP contribution < -0.4 is 19.8 Å². The lowest BCUT2D eigenvalue weighted by Crippen LogP contribution is -2.05. The number of hydrogen-bond donors (Lipinski definition) is 1. The van der Waals surface area contributed by atoms with E-state index in [1.54, 1.807) is 30.3 Å². The summed E-state index contributed by atoms with van der Waals surface area (Å²) in [5, 5.41) is 11.1. The van der Waals surface area contributed by atoms with Crippen LogP contribution in [0.4, 0.5) is 0 Å². The molecule has 0 saturated carbocycles. The zero-order valence-corrected chi connectivity index (χ0v) is 23.8. The van der Waals surface area contributed by atoms with Crippen molar-refractivity contribution in [2.45, 2.75) is 19.6 Å². The molecule has 0 amide bonds. The van der Waals surface area contributed by atoms with Gasteiger partial charge in [-0.25, -0.2) is 0 Å². The van der Waals surface area contributed by atoms with Crippen molar-refractivity contribution < 1.29 is 28.8 Å². The van der Waals surface area contributed by atoms with Gasteiger partial charge < -0.3 is 23.9 Å². The average molecular weight is 587 g/mol. The maximum absolute atomic E-state index is 13.1. The van der Waals surface area contributed by atoms with E-state index in [4.69, 9.17) is 23.7 Å². The van der Waals surface area contributed by atoms with Crippen LogP contribution in [0.25, 0.3) is 22.3 Å². The van der Waals surface area contributed by atoms with E-state index in [-0.39, 0.29) is 16.7 Å². The second-order valence-corrected chi connectivity index (χ2v) is 10.1. The van der Waals surface area contributed by atoms with Crippen LogP contribution in [0.2, 0.25) is 0 Å². The molecule has 0 aliphatic heterocycles. The maximum Gasteiger partial charge on any atom is 0.235 e. The van der Waals surface area contributed by atoms with E-state index in [0.717, 1.165) is 16.7 Å². The van der Waals surface area contributed by atoms with Gasteiger partial charge in [0, 0.05) is 11.6 Å². The monoisotopic (exact) mass is 586 g/mol. The fourth-order valence-corrected chi connectivity index (χ4v) is 4.68. The number of fused-ring (bicyclic) bond motifs is 1. The van der Waals surface area contributed by atoms with Crippen molar-refractivity contribution in [3.8, 4) is 34.3 Å². The number of rotatable bonds is 12. The van der Waals surface area contributed by atoms with Crippen molar-refractivity contribution in [1.82, 2.24) is 0 Å². The summed E-state index contributed by atoms with van der Waals surface area (Å²) in [6.45, 7) is 0.982. The van der Waals surface area contributed by atoms with Gasteiger partial charge in [-0.3, -0.25) is 4.79 Å². The predicted octanol–water partition coefficient (Wildman–Crippen LogP) is 7.88. The molecule has 0 radical (unpaired) electrons. The van der Waals surface area contributed by atoms with Crippen LogP contribution >= 0.6 is 0 Å². The molecule has 0 aliphatic rings. The normalized spacial score (nSPS) is 10.9. The molecule has 6 aromatic rings. The van der Waals surface area contributed by atoms with Crippen molar-refractivity contribution in [3.63, 3.8) is 0 Å². The van der Waals surface area contributed by atoms with E-state index in [1.165, 1.54) is 6.07 Å². The Morgan fingerprint density at radius 3 is 1.91 bits per heavy atom. The summed E-state index contributed by atoms with van der Waals surface area (Å²) in [7, 11) is 0. The number of aromatic hydroxyl groups is 1. The lowest BCUT2D eigenvalue weighted by molar-refractivity contribution is -0.205. The molecule has 1 heterocycles. The minimum atomic E-state index is -0.561. The van der Waals surface area contributed by atoms with E-state index in [0.29, 0.717) is 49.1 Å². The van der Waals surface area contributed by atoms with Crippen LogP contribution in [-0.2, 0) is 24.5 Å². The lowest BCUT2D eigenvalue weighted by atomic mass is 10.1. The van der Waals surface area contributed by atoms with Crippen molar-refractivity contribution in [2.24, 2.45) is 0 Å². The van der Waals surface area contributed by atoms with Gasteiger partial charge in [0.05, 0.1) is 12.0 Å². The van der Waals surface area contributed by atoms with Gasteiger partial charge in [0.15, 0.2) is 23.0 Å². The van der Waals surface area contributed by atoms with Crippen molar-refractivity contribution in [3.05, 3.63) is 154 Å². The van der Waals surface area contributed by atoms with Crippen molar-refractivity contribution in [2.75, 3.05) is 6.61 Å². The minimum absolute atomic E-state index is 0.00353. The average Bonchev–Trinajstić information content (AvgIpc) is 3.08. The molecule has 1 aromatic heterocycles. The summed E-state index contributed by atoms with van der Waals surface area (Å²) in [5.41, 5.74) is 3.24. The number of hydrogen-bond acceptors (Lipinski definition) is 7. The molecule has 0 spiro atoms. The molecule has 0 bridgehead atoms. The summed E-state index contributed by atoms with van der Waals surface area (Å²) in [6, 6.07) is 39.3. The highest BCUT2D eigenvalue weighted by atomic mass is 17.2. The van der Waals surface area contributed by atoms with E-state index in [2.05, 4.69) is 0 Å². The standard InChI is InChI=1S/C37H30O7/c38-35-31-18-17-30(44-42-21-20-26-10-4-1-5-11-26)23-33(31)43-37(36(35)39)29-16-19-32(40-24-27-12-6-2-7-13-27)34(22-29)41-25-28-14-8-3-9-15-28/h1-19,22-23,39H,20-21,24-25H2. The van der Waals surface area contributed by atoms with Gasteiger partial charge in [0.1, 0.15) is 18.8 Å². The molecule has 5 aromatic carbocycles. The first-order valence-electron chi connectivity index (χ1n) is 14.2. The lowest BCUT2D eigenvalue weighted by Gasteiger charge is -2.15. The zero-order chi connectivity index (χ0) is 30.1. The fourth-order valence-electron chi connectivity index (χ4n) is 4.68. The first kappa shape index (κ1) is 28.6.